The maximum absolute atomic E-state index is 10.8. The van der Waals surface area contributed by atoms with Crippen LogP contribution in [0.25, 0.3) is 0 Å². The first-order valence-corrected chi connectivity index (χ1v) is 3.00. The fraction of sp³-hybridized carbons (Fsp3) is 0.500. The third-order valence-electron chi connectivity index (χ3n) is 0.858. The first-order chi connectivity index (χ1) is 5.34. The molecule has 0 spiro atoms. The normalized spacial score (nSPS) is 9.55. The fourth-order valence-electron chi connectivity index (χ4n) is 0.441. The van der Waals surface area contributed by atoms with Crippen LogP contribution in [-0.4, -0.2) is 33.1 Å². The highest BCUT2D eigenvalue weighted by atomic mass is 16.6. The molecule has 0 aromatic carbocycles. The Labute approximate surface area is 62.1 Å². The molecule has 0 atom stereocenters. The molecule has 7 nitrogen and oxygen atoms in total. The van der Waals surface area contributed by atoms with Gasteiger partial charge in [-0.25, -0.2) is 5.48 Å². The summed E-state index contributed by atoms with van der Waals surface area (Å²) in [7, 11) is 0. The van der Waals surface area contributed by atoms with Gasteiger partial charge in [-0.15, -0.1) is 10.2 Å². The zero-order valence-corrected chi connectivity index (χ0v) is 5.87. The molecule has 0 saturated heterocycles. The highest BCUT2D eigenvalue weighted by Crippen LogP contribution is 1.81. The Morgan fingerprint density at radius 1 is 1.82 bits per heavy atom. The van der Waals surface area contributed by atoms with Crippen LogP contribution in [0.2, 0.25) is 0 Å². The number of H-pyrrole nitrogens is 1. The molecule has 1 aromatic heterocycles. The predicted octanol–water partition coefficient (Wildman–Crippen LogP) is -1.12. The van der Waals surface area contributed by atoms with E-state index < -0.39 is 5.91 Å². The van der Waals surface area contributed by atoms with E-state index >= 15 is 0 Å². The molecule has 0 aliphatic rings. The minimum absolute atomic E-state index is 0.0431. The first kappa shape index (κ1) is 7.61. The number of hydrogen-bond acceptors (Lipinski definition) is 5. The summed E-state index contributed by atoms with van der Waals surface area (Å²) in [6.45, 7) is 2.14. The number of hydroxylamine groups is 1. The summed E-state index contributed by atoms with van der Waals surface area (Å²) in [4.78, 5) is 15.4. The number of nitrogens with zero attached hydrogens (tertiary/aromatic N) is 3. The number of amides is 1. The first-order valence-electron chi connectivity index (χ1n) is 3.00. The zero-order valence-electron chi connectivity index (χ0n) is 5.87. The molecule has 1 aromatic rings. The Kier molecular flexibility index (Phi) is 2.50. The van der Waals surface area contributed by atoms with E-state index in [0.29, 0.717) is 6.61 Å². The summed E-state index contributed by atoms with van der Waals surface area (Å²) in [6, 6.07) is 0. The van der Waals surface area contributed by atoms with E-state index in [0.717, 1.165) is 0 Å². The molecule has 2 N–H and O–H groups in total. The van der Waals surface area contributed by atoms with E-state index in [1.165, 1.54) is 0 Å². The summed E-state index contributed by atoms with van der Waals surface area (Å²) >= 11 is 0. The molecule has 0 unspecified atom stereocenters. The highest BCUT2D eigenvalue weighted by molar-refractivity contribution is 5.89. The van der Waals surface area contributed by atoms with Crippen LogP contribution in [0, 0.1) is 0 Å². The van der Waals surface area contributed by atoms with E-state index in [4.69, 9.17) is 0 Å². The number of carbonyl (C=O) groups is 1. The van der Waals surface area contributed by atoms with E-state index in [-0.39, 0.29) is 5.82 Å². The van der Waals surface area contributed by atoms with Crippen molar-refractivity contribution in [1.82, 2.24) is 26.1 Å². The molecule has 0 fully saturated rings. The van der Waals surface area contributed by atoms with Crippen molar-refractivity contribution in [2.75, 3.05) is 6.61 Å². The quantitative estimate of drug-likeness (QED) is 0.542. The van der Waals surface area contributed by atoms with Crippen LogP contribution < -0.4 is 5.48 Å². The van der Waals surface area contributed by atoms with Gasteiger partial charge in [-0.3, -0.25) is 9.63 Å². The van der Waals surface area contributed by atoms with Crippen molar-refractivity contribution >= 4 is 5.91 Å². The fourth-order valence-corrected chi connectivity index (χ4v) is 0.441. The summed E-state index contributed by atoms with van der Waals surface area (Å²) in [5.74, 6) is -0.556. The van der Waals surface area contributed by atoms with Crippen molar-refractivity contribution in [2.45, 2.75) is 6.92 Å². The Balaban J connectivity index is 2.43. The SMILES string of the molecule is CCONC(=O)c1nn[nH]n1. The molecule has 0 saturated carbocycles. The lowest BCUT2D eigenvalue weighted by Gasteiger charge is -1.97. The van der Waals surface area contributed by atoms with Gasteiger partial charge >= 0.3 is 5.91 Å². The predicted molar refractivity (Wildman–Crippen MR) is 33.3 cm³/mol. The van der Waals surface area contributed by atoms with Gasteiger partial charge < -0.3 is 0 Å². The number of carbonyl (C=O) groups excluding carboxylic acids is 1. The van der Waals surface area contributed by atoms with Crippen molar-refractivity contribution in [1.29, 1.82) is 0 Å². The number of aromatic amines is 1. The molecule has 0 aliphatic carbocycles. The molecule has 11 heavy (non-hydrogen) atoms. The summed E-state index contributed by atoms with van der Waals surface area (Å²) in [5.41, 5.74) is 2.11. The van der Waals surface area contributed by atoms with Gasteiger partial charge in [0.25, 0.3) is 5.82 Å². The second-order valence-electron chi connectivity index (χ2n) is 1.60. The van der Waals surface area contributed by atoms with Gasteiger partial charge in [0.2, 0.25) is 0 Å². The standard InChI is InChI=1S/C4H7N5O2/c1-2-11-7-4(10)3-5-8-9-6-3/h2H2,1H3,(H,7,10)(H,5,6,8,9). The van der Waals surface area contributed by atoms with Gasteiger partial charge in [-0.1, -0.05) is 0 Å². The number of hydrogen-bond donors (Lipinski definition) is 2. The van der Waals surface area contributed by atoms with Crippen LogP contribution in [-0.2, 0) is 4.84 Å². The lowest BCUT2D eigenvalue weighted by atomic mass is 10.6. The average Bonchev–Trinajstić information content (AvgIpc) is 2.52. The molecule has 1 rings (SSSR count). The van der Waals surface area contributed by atoms with Gasteiger partial charge in [0.1, 0.15) is 0 Å². The molecule has 0 aliphatic heterocycles. The monoisotopic (exact) mass is 157 g/mol. The lowest BCUT2D eigenvalue weighted by Crippen LogP contribution is -2.24. The third kappa shape index (κ3) is 1.97. The number of nitrogens with one attached hydrogen (secondary N) is 2. The van der Waals surface area contributed by atoms with Crippen LogP contribution in [0.4, 0.5) is 0 Å². The maximum Gasteiger partial charge on any atom is 0.316 e. The minimum Gasteiger partial charge on any atom is -0.274 e. The Bertz CT molecular complexity index is 220. The van der Waals surface area contributed by atoms with Crippen LogP contribution in [0.1, 0.15) is 17.5 Å². The number of tetrazole rings is 1. The van der Waals surface area contributed by atoms with Gasteiger partial charge in [0.05, 0.1) is 6.61 Å². The zero-order chi connectivity index (χ0) is 8.10. The molecule has 0 radical (unpaired) electrons. The van der Waals surface area contributed by atoms with E-state index in [2.05, 4.69) is 30.9 Å². The number of rotatable bonds is 3. The van der Waals surface area contributed by atoms with Gasteiger partial charge in [0, 0.05) is 0 Å². The third-order valence-corrected chi connectivity index (χ3v) is 0.858. The summed E-state index contributed by atoms with van der Waals surface area (Å²) in [6.07, 6.45) is 0. The van der Waals surface area contributed by atoms with Crippen LogP contribution in [0.3, 0.4) is 0 Å². The lowest BCUT2D eigenvalue weighted by molar-refractivity contribution is 0.0355. The second-order valence-corrected chi connectivity index (χ2v) is 1.60. The highest BCUT2D eigenvalue weighted by Gasteiger charge is 2.08. The topological polar surface area (TPSA) is 92.8 Å². The average molecular weight is 157 g/mol. The molecule has 60 valence electrons. The van der Waals surface area contributed by atoms with Gasteiger partial charge in [-0.05, 0) is 12.1 Å². The van der Waals surface area contributed by atoms with Crippen molar-refractivity contribution in [2.24, 2.45) is 0 Å². The smallest absolute Gasteiger partial charge is 0.274 e. The van der Waals surface area contributed by atoms with Crippen LogP contribution >= 0.6 is 0 Å². The minimum atomic E-state index is -0.513. The van der Waals surface area contributed by atoms with Crippen molar-refractivity contribution in [3.8, 4) is 0 Å². The molecular weight excluding hydrogens is 150 g/mol. The van der Waals surface area contributed by atoms with Crippen LogP contribution in [0.5, 0.6) is 0 Å². The molecular formula is C4H7N5O2. The van der Waals surface area contributed by atoms with E-state index in [9.17, 15) is 4.79 Å². The maximum atomic E-state index is 10.8. The molecule has 1 heterocycles. The Morgan fingerprint density at radius 2 is 2.64 bits per heavy atom. The van der Waals surface area contributed by atoms with E-state index in [1.807, 2.05) is 0 Å². The molecule has 0 bridgehead atoms. The summed E-state index contributed by atoms with van der Waals surface area (Å²) in [5, 5.41) is 12.2. The largest absolute Gasteiger partial charge is 0.316 e. The van der Waals surface area contributed by atoms with E-state index in [1.54, 1.807) is 6.92 Å². The molecule has 7 heteroatoms. The van der Waals surface area contributed by atoms with Crippen LogP contribution in [0.15, 0.2) is 0 Å². The summed E-state index contributed by atoms with van der Waals surface area (Å²) < 4.78 is 0. The Morgan fingerprint density at radius 3 is 3.18 bits per heavy atom. The Hall–Kier alpha value is -1.50. The number of aromatic nitrogens is 4. The van der Waals surface area contributed by atoms with Crippen molar-refractivity contribution < 1.29 is 9.63 Å². The van der Waals surface area contributed by atoms with Gasteiger partial charge in [0.15, 0.2) is 0 Å². The molecule has 1 amide bonds. The van der Waals surface area contributed by atoms with Crippen molar-refractivity contribution in [3.63, 3.8) is 0 Å². The second kappa shape index (κ2) is 3.62. The van der Waals surface area contributed by atoms with Crippen molar-refractivity contribution in [3.05, 3.63) is 5.82 Å². The van der Waals surface area contributed by atoms with Gasteiger partial charge in [-0.2, -0.15) is 5.21 Å².